The van der Waals surface area contributed by atoms with Crippen molar-refractivity contribution in [3.63, 3.8) is 0 Å². The van der Waals surface area contributed by atoms with Crippen LogP contribution in [0.2, 0.25) is 0 Å². The standard InChI is InChI=1S/C11H18O3/c1-5-6(2)10-7(3)9(12)8(4)11(13)14-10/h5,7-10,12H,1-4H3/b6-5+/t7-,8+,9+,10+/m0/s1. The first-order chi connectivity index (χ1) is 6.49. The molecular formula is C11H18O3. The molecule has 1 N–H and O–H groups in total. The highest BCUT2D eigenvalue weighted by Crippen LogP contribution is 2.29. The number of aliphatic hydroxyl groups is 1. The average molecular weight is 198 g/mol. The Bertz CT molecular complexity index is 257. The lowest BCUT2D eigenvalue weighted by atomic mass is 9.84. The van der Waals surface area contributed by atoms with Gasteiger partial charge in [-0.25, -0.2) is 0 Å². The predicted octanol–water partition coefficient (Wildman–Crippen LogP) is 1.51. The van der Waals surface area contributed by atoms with Gasteiger partial charge < -0.3 is 9.84 Å². The monoisotopic (exact) mass is 198 g/mol. The Morgan fingerprint density at radius 3 is 2.57 bits per heavy atom. The Morgan fingerprint density at radius 2 is 2.07 bits per heavy atom. The minimum absolute atomic E-state index is 0.0288. The van der Waals surface area contributed by atoms with E-state index in [4.69, 9.17) is 4.74 Å². The maximum atomic E-state index is 11.4. The summed E-state index contributed by atoms with van der Waals surface area (Å²) in [6.07, 6.45) is 1.05. The smallest absolute Gasteiger partial charge is 0.311 e. The number of esters is 1. The molecule has 4 atom stereocenters. The van der Waals surface area contributed by atoms with Gasteiger partial charge in [-0.05, 0) is 26.3 Å². The highest BCUT2D eigenvalue weighted by atomic mass is 16.5. The first-order valence-corrected chi connectivity index (χ1v) is 5.00. The van der Waals surface area contributed by atoms with Gasteiger partial charge in [-0.1, -0.05) is 13.0 Å². The molecule has 3 nitrogen and oxygen atoms in total. The van der Waals surface area contributed by atoms with E-state index in [1.807, 2.05) is 26.8 Å². The molecule has 80 valence electrons. The maximum Gasteiger partial charge on any atom is 0.311 e. The summed E-state index contributed by atoms with van der Waals surface area (Å²) in [5.74, 6) is -0.744. The number of cyclic esters (lactones) is 1. The molecule has 0 aromatic heterocycles. The van der Waals surface area contributed by atoms with Crippen molar-refractivity contribution in [2.24, 2.45) is 11.8 Å². The van der Waals surface area contributed by atoms with Crippen molar-refractivity contribution >= 4 is 5.97 Å². The summed E-state index contributed by atoms with van der Waals surface area (Å²) in [4.78, 5) is 11.4. The lowest BCUT2D eigenvalue weighted by molar-refractivity contribution is -0.173. The maximum absolute atomic E-state index is 11.4. The number of carbonyl (C=O) groups excluding carboxylic acids is 1. The van der Waals surface area contributed by atoms with Crippen molar-refractivity contribution in [1.82, 2.24) is 0 Å². The van der Waals surface area contributed by atoms with Crippen molar-refractivity contribution in [1.29, 1.82) is 0 Å². The minimum atomic E-state index is -0.601. The van der Waals surface area contributed by atoms with E-state index in [1.54, 1.807) is 6.92 Å². The van der Waals surface area contributed by atoms with Crippen molar-refractivity contribution in [2.45, 2.75) is 39.9 Å². The fraction of sp³-hybridized carbons (Fsp3) is 0.727. The number of carbonyl (C=O) groups is 1. The lowest BCUT2D eigenvalue weighted by Crippen LogP contribution is -2.47. The van der Waals surface area contributed by atoms with Gasteiger partial charge in [-0.3, -0.25) is 4.79 Å². The molecule has 0 bridgehead atoms. The molecular weight excluding hydrogens is 180 g/mol. The molecule has 14 heavy (non-hydrogen) atoms. The van der Waals surface area contributed by atoms with Crippen molar-refractivity contribution in [2.75, 3.05) is 0 Å². The van der Waals surface area contributed by atoms with Crippen LogP contribution in [-0.4, -0.2) is 23.3 Å². The van der Waals surface area contributed by atoms with Gasteiger partial charge in [0.1, 0.15) is 6.10 Å². The van der Waals surface area contributed by atoms with Crippen LogP contribution in [0.1, 0.15) is 27.7 Å². The van der Waals surface area contributed by atoms with E-state index in [9.17, 15) is 9.90 Å². The van der Waals surface area contributed by atoms with Crippen LogP contribution in [0.5, 0.6) is 0 Å². The molecule has 1 fully saturated rings. The summed E-state index contributed by atoms with van der Waals surface area (Å²) < 4.78 is 5.27. The van der Waals surface area contributed by atoms with Gasteiger partial charge in [0.05, 0.1) is 12.0 Å². The average Bonchev–Trinajstić information content (AvgIpc) is 2.19. The molecule has 0 spiro atoms. The van der Waals surface area contributed by atoms with Gasteiger partial charge in [0.15, 0.2) is 0 Å². The van der Waals surface area contributed by atoms with Gasteiger partial charge in [-0.2, -0.15) is 0 Å². The third kappa shape index (κ3) is 1.82. The zero-order chi connectivity index (χ0) is 10.9. The summed E-state index contributed by atoms with van der Waals surface area (Å²) in [5.41, 5.74) is 0.997. The molecule has 0 aromatic rings. The second kappa shape index (κ2) is 4.13. The Kier molecular flexibility index (Phi) is 3.32. The topological polar surface area (TPSA) is 46.5 Å². The number of hydrogen-bond acceptors (Lipinski definition) is 3. The predicted molar refractivity (Wildman–Crippen MR) is 53.6 cm³/mol. The Morgan fingerprint density at radius 1 is 1.50 bits per heavy atom. The van der Waals surface area contributed by atoms with Gasteiger partial charge in [0.25, 0.3) is 0 Å². The van der Waals surface area contributed by atoms with E-state index >= 15 is 0 Å². The molecule has 1 aliphatic heterocycles. The zero-order valence-corrected chi connectivity index (χ0v) is 9.15. The van der Waals surface area contributed by atoms with Gasteiger partial charge >= 0.3 is 5.97 Å². The molecule has 3 heteroatoms. The van der Waals surface area contributed by atoms with Gasteiger partial charge in [0.2, 0.25) is 0 Å². The van der Waals surface area contributed by atoms with Gasteiger partial charge in [0, 0.05) is 5.92 Å². The van der Waals surface area contributed by atoms with E-state index in [2.05, 4.69) is 0 Å². The molecule has 1 rings (SSSR count). The quantitative estimate of drug-likeness (QED) is 0.513. The SMILES string of the molecule is C/C=C(\C)[C@H]1OC(=O)[C@H](C)[C@H](O)[C@@H]1C. The van der Waals surface area contributed by atoms with E-state index in [0.29, 0.717) is 0 Å². The van der Waals surface area contributed by atoms with Crippen LogP contribution in [0.25, 0.3) is 0 Å². The molecule has 0 radical (unpaired) electrons. The fourth-order valence-corrected chi connectivity index (χ4v) is 1.79. The summed E-state index contributed by atoms with van der Waals surface area (Å²) in [6, 6.07) is 0. The van der Waals surface area contributed by atoms with Crippen molar-refractivity contribution in [3.05, 3.63) is 11.6 Å². The number of allylic oxidation sites excluding steroid dienone is 1. The van der Waals surface area contributed by atoms with Crippen molar-refractivity contribution < 1.29 is 14.6 Å². The number of ether oxygens (including phenoxy) is 1. The largest absolute Gasteiger partial charge is 0.457 e. The van der Waals surface area contributed by atoms with Crippen LogP contribution in [0.15, 0.2) is 11.6 Å². The highest BCUT2D eigenvalue weighted by Gasteiger charge is 2.40. The molecule has 1 aliphatic rings. The second-order valence-electron chi connectivity index (χ2n) is 4.03. The summed E-state index contributed by atoms with van der Waals surface area (Å²) in [5, 5.41) is 9.80. The van der Waals surface area contributed by atoms with Crippen LogP contribution in [0.4, 0.5) is 0 Å². The summed E-state index contributed by atoms with van der Waals surface area (Å²) >= 11 is 0. The third-order valence-electron chi connectivity index (χ3n) is 3.05. The molecule has 0 aromatic carbocycles. The molecule has 0 amide bonds. The minimum Gasteiger partial charge on any atom is -0.457 e. The molecule has 0 aliphatic carbocycles. The van der Waals surface area contributed by atoms with E-state index in [1.165, 1.54) is 0 Å². The first kappa shape index (κ1) is 11.2. The van der Waals surface area contributed by atoms with Crippen molar-refractivity contribution in [3.8, 4) is 0 Å². The third-order valence-corrected chi connectivity index (χ3v) is 3.05. The number of aliphatic hydroxyl groups excluding tert-OH is 1. The molecule has 0 unspecified atom stereocenters. The summed E-state index contributed by atoms with van der Waals surface area (Å²) in [6.45, 7) is 7.42. The van der Waals surface area contributed by atoms with Crippen LogP contribution in [0.3, 0.4) is 0 Å². The normalized spacial score (nSPS) is 39.5. The van der Waals surface area contributed by atoms with Crippen LogP contribution < -0.4 is 0 Å². The first-order valence-electron chi connectivity index (χ1n) is 5.00. The number of hydrogen-bond donors (Lipinski definition) is 1. The van der Waals surface area contributed by atoms with E-state index in [0.717, 1.165) is 5.57 Å². The lowest BCUT2D eigenvalue weighted by Gasteiger charge is -2.36. The van der Waals surface area contributed by atoms with Crippen LogP contribution >= 0.6 is 0 Å². The molecule has 1 heterocycles. The van der Waals surface area contributed by atoms with E-state index in [-0.39, 0.29) is 18.0 Å². The van der Waals surface area contributed by atoms with E-state index < -0.39 is 12.0 Å². The molecule has 0 saturated carbocycles. The van der Waals surface area contributed by atoms with Crippen LogP contribution in [-0.2, 0) is 9.53 Å². The Labute approximate surface area is 84.8 Å². The zero-order valence-electron chi connectivity index (χ0n) is 9.15. The second-order valence-corrected chi connectivity index (χ2v) is 4.03. The fourth-order valence-electron chi connectivity index (χ4n) is 1.79. The Balaban J connectivity index is 2.86. The summed E-state index contributed by atoms with van der Waals surface area (Å²) in [7, 11) is 0. The molecule has 1 saturated heterocycles. The number of rotatable bonds is 1. The highest BCUT2D eigenvalue weighted by molar-refractivity contribution is 5.74. The van der Waals surface area contributed by atoms with Gasteiger partial charge in [-0.15, -0.1) is 0 Å². The Hall–Kier alpha value is -0.830. The van der Waals surface area contributed by atoms with Crippen LogP contribution in [0, 0.1) is 11.8 Å².